The minimum atomic E-state index is -4.38. The molecule has 0 radical (unpaired) electrons. The SMILES string of the molecule is O=C(Nc1ccccc1SCC(F)(F)F)c1c(F)cccc1F. The number of benzene rings is 2. The van der Waals surface area contributed by atoms with Gasteiger partial charge in [-0.1, -0.05) is 18.2 Å². The molecule has 0 unspecified atom stereocenters. The summed E-state index contributed by atoms with van der Waals surface area (Å²) in [5.41, 5.74) is -0.738. The van der Waals surface area contributed by atoms with E-state index in [4.69, 9.17) is 0 Å². The van der Waals surface area contributed by atoms with Crippen LogP contribution in [0.5, 0.6) is 0 Å². The molecule has 122 valence electrons. The third-order valence-electron chi connectivity index (χ3n) is 2.72. The molecular formula is C15H10F5NOS. The molecule has 0 bridgehead atoms. The number of hydrogen-bond acceptors (Lipinski definition) is 2. The predicted molar refractivity (Wildman–Crippen MR) is 77.5 cm³/mol. The van der Waals surface area contributed by atoms with Gasteiger partial charge in [-0.25, -0.2) is 8.78 Å². The van der Waals surface area contributed by atoms with Crippen LogP contribution in [0.1, 0.15) is 10.4 Å². The molecule has 0 aliphatic rings. The topological polar surface area (TPSA) is 29.1 Å². The van der Waals surface area contributed by atoms with Gasteiger partial charge in [-0.05, 0) is 24.3 Å². The second-order valence-electron chi connectivity index (χ2n) is 4.45. The van der Waals surface area contributed by atoms with Crippen LogP contribution in [0.25, 0.3) is 0 Å². The molecule has 2 aromatic rings. The van der Waals surface area contributed by atoms with Crippen LogP contribution >= 0.6 is 11.8 Å². The van der Waals surface area contributed by atoms with Gasteiger partial charge in [0.2, 0.25) is 0 Å². The van der Waals surface area contributed by atoms with Crippen molar-refractivity contribution in [2.45, 2.75) is 11.1 Å². The van der Waals surface area contributed by atoms with Crippen molar-refractivity contribution in [1.82, 2.24) is 0 Å². The smallest absolute Gasteiger partial charge is 0.321 e. The zero-order valence-corrected chi connectivity index (χ0v) is 12.3. The van der Waals surface area contributed by atoms with Gasteiger partial charge in [-0.3, -0.25) is 4.79 Å². The molecule has 0 heterocycles. The van der Waals surface area contributed by atoms with Crippen LogP contribution in [0, 0.1) is 11.6 Å². The Kier molecular flexibility index (Phi) is 5.25. The lowest BCUT2D eigenvalue weighted by atomic mass is 10.2. The standard InChI is InChI=1S/C15H10F5NOS/c16-9-4-3-5-10(17)13(9)14(22)21-11-6-1-2-7-12(11)23-8-15(18,19)20/h1-7H,8H2,(H,21,22). The monoisotopic (exact) mass is 347 g/mol. The van der Waals surface area contributed by atoms with E-state index in [1.54, 1.807) is 0 Å². The van der Waals surface area contributed by atoms with Gasteiger partial charge in [-0.15, -0.1) is 11.8 Å². The molecule has 0 aliphatic carbocycles. The number of alkyl halides is 3. The largest absolute Gasteiger partial charge is 0.398 e. The minimum absolute atomic E-state index is 0.0504. The molecule has 1 N–H and O–H groups in total. The maximum absolute atomic E-state index is 13.6. The molecule has 0 atom stereocenters. The summed E-state index contributed by atoms with van der Waals surface area (Å²) >= 11 is 0.472. The molecule has 8 heteroatoms. The molecule has 2 rings (SSSR count). The molecule has 0 spiro atoms. The van der Waals surface area contributed by atoms with E-state index in [0.29, 0.717) is 11.8 Å². The number of thioether (sulfide) groups is 1. The van der Waals surface area contributed by atoms with E-state index in [-0.39, 0.29) is 10.6 Å². The minimum Gasteiger partial charge on any atom is -0.321 e. The van der Waals surface area contributed by atoms with Crippen molar-refractivity contribution in [3.8, 4) is 0 Å². The van der Waals surface area contributed by atoms with Crippen molar-refractivity contribution in [3.63, 3.8) is 0 Å². The van der Waals surface area contributed by atoms with Gasteiger partial charge < -0.3 is 5.32 Å². The molecule has 0 saturated heterocycles. The Balaban J connectivity index is 2.22. The first-order chi connectivity index (χ1) is 10.8. The summed E-state index contributed by atoms with van der Waals surface area (Å²) in [6, 6.07) is 8.67. The van der Waals surface area contributed by atoms with Crippen LogP contribution in [-0.4, -0.2) is 17.8 Å². The van der Waals surface area contributed by atoms with E-state index in [1.165, 1.54) is 24.3 Å². The highest BCUT2D eigenvalue weighted by atomic mass is 32.2. The zero-order valence-electron chi connectivity index (χ0n) is 11.5. The Morgan fingerprint density at radius 2 is 1.61 bits per heavy atom. The Morgan fingerprint density at radius 1 is 1.00 bits per heavy atom. The number of carbonyl (C=O) groups excluding carboxylic acids is 1. The van der Waals surface area contributed by atoms with Crippen molar-refractivity contribution in [2.24, 2.45) is 0 Å². The van der Waals surface area contributed by atoms with E-state index in [2.05, 4.69) is 5.32 Å². The van der Waals surface area contributed by atoms with Gasteiger partial charge in [-0.2, -0.15) is 13.2 Å². The van der Waals surface area contributed by atoms with Crippen molar-refractivity contribution >= 4 is 23.4 Å². The first-order valence-corrected chi connectivity index (χ1v) is 7.30. The highest BCUT2D eigenvalue weighted by molar-refractivity contribution is 7.99. The molecule has 0 aromatic heterocycles. The number of halogens is 5. The molecule has 23 heavy (non-hydrogen) atoms. The normalized spacial score (nSPS) is 11.3. The number of nitrogens with one attached hydrogen (secondary N) is 1. The average molecular weight is 347 g/mol. The van der Waals surface area contributed by atoms with Crippen LogP contribution in [-0.2, 0) is 0 Å². The molecule has 0 fully saturated rings. The molecule has 0 aliphatic heterocycles. The van der Waals surface area contributed by atoms with E-state index in [1.807, 2.05) is 0 Å². The fourth-order valence-corrected chi connectivity index (χ4v) is 2.52. The van der Waals surface area contributed by atoms with Crippen LogP contribution in [0.15, 0.2) is 47.4 Å². The van der Waals surface area contributed by atoms with Crippen molar-refractivity contribution in [2.75, 3.05) is 11.1 Å². The third-order valence-corrected chi connectivity index (χ3v) is 3.86. The van der Waals surface area contributed by atoms with Gasteiger partial charge in [0, 0.05) is 4.90 Å². The summed E-state index contributed by atoms with van der Waals surface area (Å²) in [6.45, 7) is 0. The summed E-state index contributed by atoms with van der Waals surface area (Å²) in [6.07, 6.45) is -4.38. The Labute approximate surface area is 132 Å². The van der Waals surface area contributed by atoms with Crippen molar-refractivity contribution < 1.29 is 26.7 Å². The highest BCUT2D eigenvalue weighted by Gasteiger charge is 2.28. The average Bonchev–Trinajstić information content (AvgIpc) is 2.45. The van der Waals surface area contributed by atoms with E-state index in [0.717, 1.165) is 18.2 Å². The van der Waals surface area contributed by atoms with Crippen LogP contribution in [0.2, 0.25) is 0 Å². The van der Waals surface area contributed by atoms with Crippen LogP contribution in [0.4, 0.5) is 27.6 Å². The Bertz CT molecular complexity index is 697. The predicted octanol–water partition coefficient (Wildman–Crippen LogP) is 4.87. The van der Waals surface area contributed by atoms with Crippen molar-refractivity contribution in [1.29, 1.82) is 0 Å². The lowest BCUT2D eigenvalue weighted by molar-refractivity contribution is -0.105. The molecule has 2 nitrogen and oxygen atoms in total. The second kappa shape index (κ2) is 6.99. The Hall–Kier alpha value is -2.09. The van der Waals surface area contributed by atoms with Crippen LogP contribution < -0.4 is 5.32 Å². The highest BCUT2D eigenvalue weighted by Crippen LogP contribution is 2.32. The van der Waals surface area contributed by atoms with Crippen molar-refractivity contribution in [3.05, 3.63) is 59.7 Å². The number of hydrogen-bond donors (Lipinski definition) is 1. The fraction of sp³-hybridized carbons (Fsp3) is 0.133. The van der Waals surface area contributed by atoms with Gasteiger partial charge in [0.15, 0.2) is 0 Å². The maximum Gasteiger partial charge on any atom is 0.398 e. The quantitative estimate of drug-likeness (QED) is 0.631. The summed E-state index contributed by atoms with van der Waals surface area (Å²) in [5, 5.41) is 2.24. The summed E-state index contributed by atoms with van der Waals surface area (Å²) in [7, 11) is 0. The van der Waals surface area contributed by atoms with Gasteiger partial charge in [0.1, 0.15) is 17.2 Å². The molecule has 2 aromatic carbocycles. The number of carbonyl (C=O) groups is 1. The van der Waals surface area contributed by atoms with E-state index >= 15 is 0 Å². The van der Waals surface area contributed by atoms with E-state index in [9.17, 15) is 26.7 Å². The first kappa shape index (κ1) is 17.3. The number of rotatable bonds is 4. The summed E-state index contributed by atoms with van der Waals surface area (Å²) in [4.78, 5) is 12.1. The van der Waals surface area contributed by atoms with Gasteiger partial charge >= 0.3 is 6.18 Å². The number of anilines is 1. The Morgan fingerprint density at radius 3 is 2.22 bits per heavy atom. The number of para-hydroxylation sites is 1. The third kappa shape index (κ3) is 4.69. The summed E-state index contributed by atoms with van der Waals surface area (Å²) in [5.74, 6) is -4.32. The van der Waals surface area contributed by atoms with E-state index < -0.39 is 35.0 Å². The zero-order chi connectivity index (χ0) is 17.0. The fourth-order valence-electron chi connectivity index (χ4n) is 1.75. The lowest BCUT2D eigenvalue weighted by Crippen LogP contribution is -2.16. The summed E-state index contributed by atoms with van der Waals surface area (Å²) < 4.78 is 64.0. The first-order valence-electron chi connectivity index (χ1n) is 6.32. The second-order valence-corrected chi connectivity index (χ2v) is 5.47. The number of amides is 1. The van der Waals surface area contributed by atoms with Gasteiger partial charge in [0.05, 0.1) is 11.4 Å². The van der Waals surface area contributed by atoms with Crippen LogP contribution in [0.3, 0.4) is 0 Å². The lowest BCUT2D eigenvalue weighted by Gasteiger charge is -2.12. The maximum atomic E-state index is 13.6. The molecule has 1 amide bonds. The van der Waals surface area contributed by atoms with Gasteiger partial charge in [0.25, 0.3) is 5.91 Å². The molecule has 0 saturated carbocycles. The molecular weight excluding hydrogens is 337 g/mol.